The van der Waals surface area contributed by atoms with E-state index in [-0.39, 0.29) is 140 Å². The van der Waals surface area contributed by atoms with E-state index in [2.05, 4.69) is 103 Å². The molecule has 0 amide bonds. The quantitative estimate of drug-likeness (QED) is 0.236. The van der Waals surface area contributed by atoms with Crippen LogP contribution in [0.15, 0.2) is 0 Å². The van der Waals surface area contributed by atoms with Gasteiger partial charge in [-0.3, -0.25) is 19.6 Å². The van der Waals surface area contributed by atoms with Gasteiger partial charge in [-0.2, -0.15) is 0 Å². The van der Waals surface area contributed by atoms with Crippen LogP contribution in [-0.4, -0.2) is 88.3 Å². The SMILES string of the molecule is C.C.C.C.C.C.C.C.C.C.CCCC.CCCC.CCN(C)CN(C)C.CCN(C)CN(C)C.[Y].[Y]. The normalized spacial score (nSPS) is 6.67. The monoisotopic (exact) mass is 687 g/mol. The van der Waals surface area contributed by atoms with E-state index in [4.69, 9.17) is 0 Å². The largest absolute Gasteiger partial charge is 0.297 e. The molecule has 2 radical (unpaired) electrons. The van der Waals surface area contributed by atoms with Crippen LogP contribution in [0, 0.1) is 0 Å². The molecule has 0 bridgehead atoms. The van der Waals surface area contributed by atoms with Crippen LogP contribution in [0.2, 0.25) is 0 Å². The minimum Gasteiger partial charge on any atom is -0.297 e. The molecule has 0 fully saturated rings. The second kappa shape index (κ2) is 99.0. The molecule has 0 N–H and O–H groups in total. The Kier molecular flexibility index (Phi) is 296. The van der Waals surface area contributed by atoms with Crippen LogP contribution < -0.4 is 0 Å². The number of nitrogens with zero attached hydrogens (tertiary/aromatic N) is 4. The standard InChI is InChI=1S/2C6H16N2.2C4H10.10CH4.2Y/c2*1-5-8(4)6-7(2)3;2*1-3-4-2;;;;;;;;;;;;/h2*5-6H2,1-4H3;2*3-4H2,1-2H3;10*1H4;;. The van der Waals surface area contributed by atoms with Gasteiger partial charge < -0.3 is 0 Å². The smallest absolute Gasteiger partial charge is 0.0497 e. The number of hydrogen-bond donors (Lipinski definition) is 0. The van der Waals surface area contributed by atoms with E-state index in [9.17, 15) is 0 Å². The van der Waals surface area contributed by atoms with Crippen molar-refractivity contribution >= 4 is 0 Å². The van der Waals surface area contributed by atoms with Gasteiger partial charge in [-0.15, -0.1) is 0 Å². The van der Waals surface area contributed by atoms with Crippen LogP contribution in [0.5, 0.6) is 0 Å². The molecule has 0 aliphatic heterocycles. The van der Waals surface area contributed by atoms with E-state index in [1.165, 1.54) is 25.7 Å². The first-order chi connectivity index (χ1) is 11.2. The van der Waals surface area contributed by atoms with Gasteiger partial charge in [0.05, 0.1) is 0 Å². The molecule has 0 unspecified atom stereocenters. The molecular weight excluding hydrogens is 594 g/mol. The Morgan fingerprint density at radius 3 is 0.500 bits per heavy atom. The van der Waals surface area contributed by atoms with Gasteiger partial charge in [0.1, 0.15) is 0 Å². The third-order valence-corrected chi connectivity index (χ3v) is 3.13. The summed E-state index contributed by atoms with van der Waals surface area (Å²) in [5.41, 5.74) is 0. The Bertz CT molecular complexity index is 174. The van der Waals surface area contributed by atoms with Crippen molar-refractivity contribution in [1.82, 2.24) is 19.6 Å². The molecular formula is C30H92N4Y2. The van der Waals surface area contributed by atoms with E-state index in [0.717, 1.165) is 26.4 Å². The summed E-state index contributed by atoms with van der Waals surface area (Å²) in [6.07, 6.45) is 5.28. The Hall–Kier alpha value is 2.05. The van der Waals surface area contributed by atoms with Crippen molar-refractivity contribution in [2.24, 2.45) is 0 Å². The average molecular weight is 687 g/mol. The van der Waals surface area contributed by atoms with Crippen LogP contribution in [0.4, 0.5) is 0 Å². The third kappa shape index (κ3) is 172. The molecule has 6 heteroatoms. The van der Waals surface area contributed by atoms with Crippen molar-refractivity contribution in [2.45, 2.75) is 141 Å². The van der Waals surface area contributed by atoms with Crippen LogP contribution in [-0.2, 0) is 65.4 Å². The molecule has 0 aliphatic rings. The molecule has 0 spiro atoms. The summed E-state index contributed by atoms with van der Waals surface area (Å²) in [6.45, 7) is 17.4. The zero-order chi connectivity index (χ0) is 20.0. The molecule has 0 aromatic rings. The third-order valence-electron chi connectivity index (χ3n) is 3.13. The summed E-state index contributed by atoms with van der Waals surface area (Å²) < 4.78 is 0. The van der Waals surface area contributed by atoms with Crippen molar-refractivity contribution in [2.75, 3.05) is 68.7 Å². The van der Waals surface area contributed by atoms with E-state index in [0.29, 0.717) is 0 Å². The van der Waals surface area contributed by atoms with Crippen molar-refractivity contribution in [3.63, 3.8) is 0 Å². The summed E-state index contributed by atoms with van der Waals surface area (Å²) in [5, 5.41) is 0. The summed E-state index contributed by atoms with van der Waals surface area (Å²) in [5.74, 6) is 0. The second-order valence-corrected chi connectivity index (χ2v) is 6.79. The van der Waals surface area contributed by atoms with Crippen molar-refractivity contribution in [1.29, 1.82) is 0 Å². The molecule has 0 rings (SSSR count). The molecule has 0 saturated heterocycles. The van der Waals surface area contributed by atoms with Crippen LogP contribution >= 0.6 is 0 Å². The fraction of sp³-hybridized carbons (Fsp3) is 1.00. The first kappa shape index (κ1) is 107. The maximum Gasteiger partial charge on any atom is 0.0497 e. The van der Waals surface area contributed by atoms with Gasteiger partial charge in [0.2, 0.25) is 0 Å². The Morgan fingerprint density at radius 1 is 0.333 bits per heavy atom. The minimum absolute atomic E-state index is 0. The molecule has 0 saturated carbocycles. The maximum atomic E-state index is 2.25. The van der Waals surface area contributed by atoms with Crippen molar-refractivity contribution in [3.8, 4) is 0 Å². The fourth-order valence-electron chi connectivity index (χ4n) is 1.17. The summed E-state index contributed by atoms with van der Waals surface area (Å²) in [7, 11) is 12.5. The van der Waals surface area contributed by atoms with Gasteiger partial charge in [0.25, 0.3) is 0 Å². The van der Waals surface area contributed by atoms with Gasteiger partial charge >= 0.3 is 0 Å². The fourth-order valence-corrected chi connectivity index (χ4v) is 1.17. The van der Waals surface area contributed by atoms with Crippen molar-refractivity contribution < 1.29 is 65.4 Å². The molecule has 0 aliphatic carbocycles. The molecule has 4 nitrogen and oxygen atoms in total. The molecule has 36 heavy (non-hydrogen) atoms. The van der Waals surface area contributed by atoms with E-state index < -0.39 is 0 Å². The predicted molar refractivity (Wildman–Crippen MR) is 182 cm³/mol. The zero-order valence-corrected chi connectivity index (χ0v) is 26.3. The van der Waals surface area contributed by atoms with Gasteiger partial charge in [-0.05, 0) is 55.4 Å². The minimum atomic E-state index is 0. The van der Waals surface area contributed by atoms with Crippen LogP contribution in [0.3, 0.4) is 0 Å². The number of hydrogen-bond acceptors (Lipinski definition) is 4. The molecule has 0 atom stereocenters. The van der Waals surface area contributed by atoms with Gasteiger partial charge in [0, 0.05) is 78.8 Å². The maximum absolute atomic E-state index is 2.25. The molecule has 238 valence electrons. The number of rotatable bonds is 8. The van der Waals surface area contributed by atoms with Crippen molar-refractivity contribution in [3.05, 3.63) is 0 Å². The summed E-state index contributed by atoms with van der Waals surface area (Å²) in [6, 6.07) is 0. The molecule has 0 aromatic heterocycles. The topological polar surface area (TPSA) is 13.0 Å². The Morgan fingerprint density at radius 2 is 0.472 bits per heavy atom. The Balaban J connectivity index is -0.00000000982. The van der Waals surface area contributed by atoms with Crippen LogP contribution in [0.1, 0.15) is 141 Å². The molecule has 0 aromatic carbocycles. The zero-order valence-electron chi connectivity index (χ0n) is 20.6. The van der Waals surface area contributed by atoms with E-state index >= 15 is 0 Å². The second-order valence-electron chi connectivity index (χ2n) is 6.79. The van der Waals surface area contributed by atoms with Crippen LogP contribution in [0.25, 0.3) is 0 Å². The molecule has 0 heterocycles. The van der Waals surface area contributed by atoms with Gasteiger partial charge in [-0.1, -0.05) is 141 Å². The first-order valence-corrected chi connectivity index (χ1v) is 9.82. The summed E-state index contributed by atoms with van der Waals surface area (Å²) >= 11 is 0. The summed E-state index contributed by atoms with van der Waals surface area (Å²) in [4.78, 5) is 8.81. The van der Waals surface area contributed by atoms with E-state index in [1.54, 1.807) is 0 Å². The van der Waals surface area contributed by atoms with Gasteiger partial charge in [0.15, 0.2) is 0 Å². The van der Waals surface area contributed by atoms with E-state index in [1.807, 2.05) is 0 Å². The predicted octanol–water partition coefficient (Wildman–Crippen LogP) is 10.9. The number of unbranched alkanes of at least 4 members (excludes halogenated alkanes) is 2. The first-order valence-electron chi connectivity index (χ1n) is 9.82. The average Bonchev–Trinajstić information content (AvgIpc) is 2.54. The Labute approximate surface area is 292 Å². The van der Waals surface area contributed by atoms with Gasteiger partial charge in [-0.25, -0.2) is 0 Å².